The number of rotatable bonds is 2. The van der Waals surface area contributed by atoms with Crippen molar-refractivity contribution in [1.29, 1.82) is 5.26 Å². The van der Waals surface area contributed by atoms with E-state index in [1.165, 1.54) is 5.56 Å². The largest absolute Gasteiger partial charge is 0.369 e. The van der Waals surface area contributed by atoms with E-state index in [1.54, 1.807) is 0 Å². The molecular weight excluding hydrogens is 272 g/mol. The SMILES string of the molecule is N#Cc1ccccc1-n1nc(-c2ccccc2)c2c1NCC2. The van der Waals surface area contributed by atoms with E-state index in [4.69, 9.17) is 5.10 Å². The molecular formula is C18H14N4. The van der Waals surface area contributed by atoms with Crippen LogP contribution in [0, 0.1) is 11.3 Å². The van der Waals surface area contributed by atoms with Crippen LogP contribution >= 0.6 is 0 Å². The standard InChI is InChI=1S/C18H14N4/c19-12-14-8-4-5-9-16(14)22-18-15(10-11-20-18)17(21-22)13-6-2-1-3-7-13/h1-9,20H,10-11H2. The number of anilines is 1. The van der Waals surface area contributed by atoms with E-state index >= 15 is 0 Å². The molecule has 0 saturated carbocycles. The summed E-state index contributed by atoms with van der Waals surface area (Å²) in [5.74, 6) is 1.00. The van der Waals surface area contributed by atoms with Crippen molar-refractivity contribution in [3.8, 4) is 23.0 Å². The Bertz CT molecular complexity index is 872. The first-order valence-electron chi connectivity index (χ1n) is 7.29. The predicted octanol–water partition coefficient (Wildman–Crippen LogP) is 3.38. The molecule has 2 aromatic carbocycles. The highest BCUT2D eigenvalue weighted by Gasteiger charge is 2.24. The van der Waals surface area contributed by atoms with Crippen LogP contribution in [0.15, 0.2) is 54.6 Å². The summed E-state index contributed by atoms with van der Waals surface area (Å²) in [4.78, 5) is 0. The number of nitriles is 1. The Balaban J connectivity index is 1.94. The topological polar surface area (TPSA) is 53.6 Å². The van der Waals surface area contributed by atoms with Gasteiger partial charge in [0.25, 0.3) is 0 Å². The van der Waals surface area contributed by atoms with Crippen molar-refractivity contribution in [1.82, 2.24) is 9.78 Å². The number of aromatic nitrogens is 2. The second kappa shape index (κ2) is 5.05. The highest BCUT2D eigenvalue weighted by molar-refractivity contribution is 5.73. The first-order chi connectivity index (χ1) is 10.9. The van der Waals surface area contributed by atoms with Crippen LogP contribution in [0.2, 0.25) is 0 Å². The minimum Gasteiger partial charge on any atom is -0.369 e. The van der Waals surface area contributed by atoms with Crippen molar-refractivity contribution in [3.05, 3.63) is 65.7 Å². The van der Waals surface area contributed by atoms with E-state index in [0.717, 1.165) is 35.7 Å². The molecule has 4 rings (SSSR count). The molecule has 3 aromatic rings. The van der Waals surface area contributed by atoms with Crippen LogP contribution in [0.1, 0.15) is 11.1 Å². The Labute approximate surface area is 128 Å². The highest BCUT2D eigenvalue weighted by atomic mass is 15.3. The van der Waals surface area contributed by atoms with Crippen LogP contribution in [0.3, 0.4) is 0 Å². The normalized spacial score (nSPS) is 12.5. The maximum atomic E-state index is 9.34. The van der Waals surface area contributed by atoms with E-state index in [1.807, 2.05) is 47.1 Å². The fraction of sp³-hybridized carbons (Fsp3) is 0.111. The molecule has 0 radical (unpaired) electrons. The lowest BCUT2D eigenvalue weighted by atomic mass is 10.1. The van der Waals surface area contributed by atoms with Gasteiger partial charge in [-0.3, -0.25) is 0 Å². The fourth-order valence-electron chi connectivity index (χ4n) is 2.93. The van der Waals surface area contributed by atoms with Crippen molar-refractivity contribution in [2.24, 2.45) is 0 Å². The van der Waals surface area contributed by atoms with E-state index < -0.39 is 0 Å². The Hall–Kier alpha value is -3.06. The van der Waals surface area contributed by atoms with Gasteiger partial charge in [-0.05, 0) is 18.6 Å². The molecule has 0 spiro atoms. The molecule has 0 bridgehead atoms. The maximum Gasteiger partial charge on any atom is 0.133 e. The maximum absolute atomic E-state index is 9.34. The fourth-order valence-corrected chi connectivity index (χ4v) is 2.93. The van der Waals surface area contributed by atoms with Crippen molar-refractivity contribution >= 4 is 5.82 Å². The van der Waals surface area contributed by atoms with Crippen molar-refractivity contribution in [2.45, 2.75) is 6.42 Å². The number of para-hydroxylation sites is 1. The van der Waals surface area contributed by atoms with Gasteiger partial charge in [0, 0.05) is 17.7 Å². The molecule has 1 N–H and O–H groups in total. The molecule has 0 atom stereocenters. The molecule has 1 aliphatic rings. The molecule has 0 unspecified atom stereocenters. The third-order valence-electron chi connectivity index (χ3n) is 3.95. The third-order valence-corrected chi connectivity index (χ3v) is 3.95. The summed E-state index contributed by atoms with van der Waals surface area (Å²) >= 11 is 0. The molecule has 1 aromatic heterocycles. The van der Waals surface area contributed by atoms with Gasteiger partial charge in [-0.25, -0.2) is 4.68 Å². The minimum atomic E-state index is 0.626. The van der Waals surface area contributed by atoms with Gasteiger partial charge in [0.2, 0.25) is 0 Å². The lowest BCUT2D eigenvalue weighted by Crippen LogP contribution is -2.05. The zero-order valence-corrected chi connectivity index (χ0v) is 12.0. The van der Waals surface area contributed by atoms with Crippen LogP contribution in [0.5, 0.6) is 0 Å². The number of nitrogens with one attached hydrogen (secondary N) is 1. The average molecular weight is 286 g/mol. The first kappa shape index (κ1) is 12.7. The summed E-state index contributed by atoms with van der Waals surface area (Å²) in [7, 11) is 0. The van der Waals surface area contributed by atoms with E-state index in [9.17, 15) is 5.26 Å². The van der Waals surface area contributed by atoms with Gasteiger partial charge in [0.1, 0.15) is 11.9 Å². The van der Waals surface area contributed by atoms with Gasteiger partial charge < -0.3 is 5.32 Å². The third kappa shape index (κ3) is 1.87. The second-order valence-electron chi connectivity index (χ2n) is 5.26. The molecule has 1 aliphatic heterocycles. The smallest absolute Gasteiger partial charge is 0.133 e. The summed E-state index contributed by atoms with van der Waals surface area (Å²) in [6.45, 7) is 0.905. The molecule has 106 valence electrons. The molecule has 0 aliphatic carbocycles. The number of fused-ring (bicyclic) bond motifs is 1. The Morgan fingerprint density at radius 2 is 1.82 bits per heavy atom. The minimum absolute atomic E-state index is 0.626. The molecule has 4 heteroatoms. The van der Waals surface area contributed by atoms with Gasteiger partial charge in [-0.15, -0.1) is 0 Å². The van der Waals surface area contributed by atoms with Gasteiger partial charge in [-0.2, -0.15) is 10.4 Å². The van der Waals surface area contributed by atoms with Crippen LogP contribution in [0.4, 0.5) is 5.82 Å². The lowest BCUT2D eigenvalue weighted by Gasteiger charge is -2.07. The number of nitrogens with zero attached hydrogens (tertiary/aromatic N) is 3. The molecule has 0 saturated heterocycles. The van der Waals surface area contributed by atoms with Gasteiger partial charge in [0.15, 0.2) is 0 Å². The summed E-state index contributed by atoms with van der Waals surface area (Å²) in [5, 5.41) is 17.5. The second-order valence-corrected chi connectivity index (χ2v) is 5.26. The van der Waals surface area contributed by atoms with E-state index in [-0.39, 0.29) is 0 Å². The molecule has 2 heterocycles. The van der Waals surface area contributed by atoms with Gasteiger partial charge in [0.05, 0.1) is 16.9 Å². The quantitative estimate of drug-likeness (QED) is 0.785. The number of hydrogen-bond donors (Lipinski definition) is 1. The predicted molar refractivity (Wildman–Crippen MR) is 85.9 cm³/mol. The van der Waals surface area contributed by atoms with Crippen LogP contribution in [-0.4, -0.2) is 16.3 Å². The van der Waals surface area contributed by atoms with Crippen LogP contribution in [-0.2, 0) is 6.42 Å². The van der Waals surface area contributed by atoms with Gasteiger partial charge in [-0.1, -0.05) is 42.5 Å². The molecule has 0 fully saturated rings. The Morgan fingerprint density at radius 3 is 2.64 bits per heavy atom. The molecule has 0 amide bonds. The summed E-state index contributed by atoms with van der Waals surface area (Å²) in [5.41, 5.74) is 4.77. The first-order valence-corrected chi connectivity index (χ1v) is 7.29. The molecule has 4 nitrogen and oxygen atoms in total. The van der Waals surface area contributed by atoms with Crippen molar-refractivity contribution < 1.29 is 0 Å². The number of benzene rings is 2. The van der Waals surface area contributed by atoms with Crippen molar-refractivity contribution in [2.75, 3.05) is 11.9 Å². The monoisotopic (exact) mass is 286 g/mol. The zero-order chi connectivity index (χ0) is 14.9. The summed E-state index contributed by atoms with van der Waals surface area (Å²) < 4.78 is 1.86. The lowest BCUT2D eigenvalue weighted by molar-refractivity contribution is 0.879. The average Bonchev–Trinajstić information content (AvgIpc) is 3.18. The summed E-state index contributed by atoms with van der Waals surface area (Å²) in [6.07, 6.45) is 0.953. The van der Waals surface area contributed by atoms with E-state index in [2.05, 4.69) is 23.5 Å². The number of hydrogen-bond acceptors (Lipinski definition) is 3. The van der Waals surface area contributed by atoms with Crippen LogP contribution in [0.25, 0.3) is 16.9 Å². The summed E-state index contributed by atoms with van der Waals surface area (Å²) in [6, 6.07) is 20.0. The zero-order valence-electron chi connectivity index (χ0n) is 12.0. The molecule has 22 heavy (non-hydrogen) atoms. The van der Waals surface area contributed by atoms with E-state index in [0.29, 0.717) is 5.56 Å². The Morgan fingerprint density at radius 1 is 1.05 bits per heavy atom. The van der Waals surface area contributed by atoms with Crippen molar-refractivity contribution in [3.63, 3.8) is 0 Å². The van der Waals surface area contributed by atoms with Gasteiger partial charge >= 0.3 is 0 Å². The Kier molecular flexibility index (Phi) is 2.90. The van der Waals surface area contributed by atoms with Crippen LogP contribution < -0.4 is 5.32 Å². The highest BCUT2D eigenvalue weighted by Crippen LogP contribution is 2.34.